The zero-order valence-electron chi connectivity index (χ0n) is 16.1. The van der Waals surface area contributed by atoms with E-state index in [1.54, 1.807) is 0 Å². The van der Waals surface area contributed by atoms with E-state index in [4.69, 9.17) is 0 Å². The molecule has 1 aliphatic heterocycles. The molecule has 1 saturated heterocycles. The van der Waals surface area contributed by atoms with Crippen LogP contribution < -0.4 is 5.32 Å². The van der Waals surface area contributed by atoms with Crippen molar-refractivity contribution in [3.05, 3.63) is 30.1 Å². The van der Waals surface area contributed by atoms with E-state index < -0.39 is 0 Å². The molecular formula is C19H33N5O. The summed E-state index contributed by atoms with van der Waals surface area (Å²) in [5, 5.41) is 3.06. The molecule has 140 valence electrons. The largest absolute Gasteiger partial charge is 0.336 e. The lowest BCUT2D eigenvalue weighted by molar-refractivity contribution is 0.111. The maximum absolute atomic E-state index is 12.6. The van der Waals surface area contributed by atoms with Crippen LogP contribution in [0.4, 0.5) is 4.79 Å². The molecule has 6 heteroatoms. The first-order chi connectivity index (χ1) is 12.0. The third-order valence-corrected chi connectivity index (χ3v) is 4.61. The number of pyridine rings is 1. The Bertz CT molecular complexity index is 512. The molecule has 2 rings (SSSR count). The highest BCUT2D eigenvalue weighted by molar-refractivity contribution is 5.74. The van der Waals surface area contributed by atoms with Crippen molar-refractivity contribution in [1.29, 1.82) is 0 Å². The van der Waals surface area contributed by atoms with Gasteiger partial charge in [0.1, 0.15) is 0 Å². The summed E-state index contributed by atoms with van der Waals surface area (Å²) < 4.78 is 0. The van der Waals surface area contributed by atoms with Crippen LogP contribution in [0.25, 0.3) is 0 Å². The Kier molecular flexibility index (Phi) is 7.65. The number of hydrogen-bond acceptors (Lipinski definition) is 4. The van der Waals surface area contributed by atoms with E-state index in [1.807, 2.05) is 31.1 Å². The van der Waals surface area contributed by atoms with Crippen molar-refractivity contribution in [1.82, 2.24) is 25.0 Å². The lowest BCUT2D eigenvalue weighted by Gasteiger charge is -2.39. The third kappa shape index (κ3) is 6.63. The number of nitrogens with zero attached hydrogens (tertiary/aromatic N) is 4. The summed E-state index contributed by atoms with van der Waals surface area (Å²) in [6, 6.07) is 4.72. The van der Waals surface area contributed by atoms with Gasteiger partial charge in [0.05, 0.1) is 0 Å². The number of carbonyl (C=O) groups is 1. The number of likely N-dealkylation sites (N-methyl/N-ethyl adjacent to an activating group) is 1. The predicted octanol–water partition coefficient (Wildman–Crippen LogP) is 2.03. The summed E-state index contributed by atoms with van der Waals surface area (Å²) in [4.78, 5) is 23.3. The Morgan fingerprint density at radius 3 is 2.44 bits per heavy atom. The molecule has 25 heavy (non-hydrogen) atoms. The topological polar surface area (TPSA) is 51.7 Å². The van der Waals surface area contributed by atoms with Gasteiger partial charge in [-0.2, -0.15) is 0 Å². The van der Waals surface area contributed by atoms with Gasteiger partial charge in [0.15, 0.2) is 0 Å². The Labute approximate surface area is 152 Å². The highest BCUT2D eigenvalue weighted by Gasteiger charge is 2.28. The van der Waals surface area contributed by atoms with Crippen molar-refractivity contribution in [2.24, 2.45) is 0 Å². The number of piperidine rings is 1. The lowest BCUT2D eigenvalue weighted by atomic mass is 10.0. The summed E-state index contributed by atoms with van der Waals surface area (Å²) in [6.45, 7) is 8.72. The van der Waals surface area contributed by atoms with Crippen LogP contribution in [0.5, 0.6) is 0 Å². The minimum absolute atomic E-state index is 0.0735. The predicted molar refractivity (Wildman–Crippen MR) is 101 cm³/mol. The highest BCUT2D eigenvalue weighted by atomic mass is 16.2. The summed E-state index contributed by atoms with van der Waals surface area (Å²) in [5.41, 5.74) is 1.30. The van der Waals surface area contributed by atoms with Gasteiger partial charge < -0.3 is 15.1 Å². The molecule has 0 bridgehead atoms. The monoisotopic (exact) mass is 347 g/mol. The van der Waals surface area contributed by atoms with E-state index in [9.17, 15) is 4.79 Å². The normalized spacial score (nSPS) is 16.4. The molecule has 1 N–H and O–H groups in total. The van der Waals surface area contributed by atoms with Gasteiger partial charge in [-0.3, -0.25) is 9.88 Å². The minimum Gasteiger partial charge on any atom is -0.336 e. The molecule has 0 atom stereocenters. The average molecular weight is 348 g/mol. The van der Waals surface area contributed by atoms with Gasteiger partial charge in [-0.25, -0.2) is 4.79 Å². The molecule has 0 spiro atoms. The van der Waals surface area contributed by atoms with Crippen LogP contribution in [0.1, 0.15) is 32.3 Å². The van der Waals surface area contributed by atoms with Crippen molar-refractivity contribution < 1.29 is 4.79 Å². The van der Waals surface area contributed by atoms with E-state index in [2.05, 4.69) is 46.3 Å². The number of urea groups is 1. The first-order valence-electron chi connectivity index (χ1n) is 9.29. The van der Waals surface area contributed by atoms with Gasteiger partial charge in [0.25, 0.3) is 0 Å². The second-order valence-corrected chi connectivity index (χ2v) is 7.46. The summed E-state index contributed by atoms with van der Waals surface area (Å²) in [7, 11) is 4.10. The molecular weight excluding hydrogens is 314 g/mol. The van der Waals surface area contributed by atoms with Crippen molar-refractivity contribution in [2.75, 3.05) is 40.3 Å². The van der Waals surface area contributed by atoms with Crippen LogP contribution in [0.2, 0.25) is 0 Å². The zero-order valence-corrected chi connectivity index (χ0v) is 16.1. The SMILES string of the molecule is CC(C)NC(=O)N(CCN(C)C)C1CCN(Cc2ccncc2)CC1. The van der Waals surface area contributed by atoms with Crippen LogP contribution in [0.3, 0.4) is 0 Å². The Hall–Kier alpha value is -1.66. The maximum atomic E-state index is 12.6. The first kappa shape index (κ1) is 19.7. The van der Waals surface area contributed by atoms with Gasteiger partial charge in [0, 0.05) is 57.2 Å². The standard InChI is InChI=1S/C19H33N5O/c1-16(2)21-19(25)24(14-13-22(3)4)18-7-11-23(12-8-18)15-17-5-9-20-10-6-17/h5-6,9-10,16,18H,7-8,11-15H2,1-4H3,(H,21,25). The number of carbonyl (C=O) groups excluding carboxylic acids is 1. The van der Waals surface area contributed by atoms with Gasteiger partial charge in [-0.15, -0.1) is 0 Å². The molecule has 1 fully saturated rings. The smallest absolute Gasteiger partial charge is 0.317 e. The van der Waals surface area contributed by atoms with Crippen molar-refractivity contribution in [3.63, 3.8) is 0 Å². The van der Waals surface area contributed by atoms with Gasteiger partial charge in [-0.05, 0) is 58.5 Å². The first-order valence-corrected chi connectivity index (χ1v) is 9.29. The van der Waals surface area contributed by atoms with Crippen LogP contribution >= 0.6 is 0 Å². The van der Waals surface area contributed by atoms with Crippen LogP contribution in [0.15, 0.2) is 24.5 Å². The Balaban J connectivity index is 1.89. The lowest BCUT2D eigenvalue weighted by Crippen LogP contribution is -2.53. The minimum atomic E-state index is 0.0735. The Morgan fingerprint density at radius 1 is 1.24 bits per heavy atom. The average Bonchev–Trinajstić information content (AvgIpc) is 2.56. The summed E-state index contributed by atoms with van der Waals surface area (Å²) in [6.07, 6.45) is 5.76. The van der Waals surface area contributed by atoms with Crippen LogP contribution in [-0.2, 0) is 6.54 Å². The maximum Gasteiger partial charge on any atom is 0.317 e. The number of nitrogens with one attached hydrogen (secondary N) is 1. The van der Waals surface area contributed by atoms with Gasteiger partial charge >= 0.3 is 6.03 Å². The fraction of sp³-hybridized carbons (Fsp3) is 0.684. The van der Waals surface area contributed by atoms with E-state index >= 15 is 0 Å². The molecule has 2 heterocycles. The summed E-state index contributed by atoms with van der Waals surface area (Å²) >= 11 is 0. The number of hydrogen-bond donors (Lipinski definition) is 1. The molecule has 1 aromatic rings. The van der Waals surface area contributed by atoms with Gasteiger partial charge in [0.2, 0.25) is 0 Å². The van der Waals surface area contributed by atoms with Crippen molar-refractivity contribution in [2.45, 2.75) is 45.3 Å². The molecule has 0 aromatic carbocycles. The molecule has 0 saturated carbocycles. The number of likely N-dealkylation sites (tertiary alicyclic amines) is 1. The zero-order chi connectivity index (χ0) is 18.2. The number of rotatable bonds is 7. The molecule has 0 radical (unpaired) electrons. The van der Waals surface area contributed by atoms with E-state index in [1.165, 1.54) is 5.56 Å². The molecule has 0 aliphatic carbocycles. The fourth-order valence-corrected chi connectivity index (χ4v) is 3.22. The quantitative estimate of drug-likeness (QED) is 0.820. The van der Waals surface area contributed by atoms with E-state index in [0.717, 1.165) is 45.6 Å². The van der Waals surface area contributed by atoms with Crippen LogP contribution in [-0.4, -0.2) is 78.1 Å². The third-order valence-electron chi connectivity index (χ3n) is 4.61. The van der Waals surface area contributed by atoms with E-state index in [-0.39, 0.29) is 12.1 Å². The Morgan fingerprint density at radius 2 is 1.88 bits per heavy atom. The molecule has 6 nitrogen and oxygen atoms in total. The molecule has 0 unspecified atom stereocenters. The highest BCUT2D eigenvalue weighted by Crippen LogP contribution is 2.18. The summed E-state index contributed by atoms with van der Waals surface area (Å²) in [5.74, 6) is 0. The van der Waals surface area contributed by atoms with Crippen molar-refractivity contribution in [3.8, 4) is 0 Å². The van der Waals surface area contributed by atoms with Gasteiger partial charge in [-0.1, -0.05) is 0 Å². The van der Waals surface area contributed by atoms with Crippen molar-refractivity contribution >= 4 is 6.03 Å². The number of aromatic nitrogens is 1. The molecule has 1 aliphatic rings. The van der Waals surface area contributed by atoms with E-state index in [0.29, 0.717) is 6.04 Å². The molecule has 2 amide bonds. The number of amides is 2. The second kappa shape index (κ2) is 9.73. The second-order valence-electron chi connectivity index (χ2n) is 7.46. The van der Waals surface area contributed by atoms with Crippen LogP contribution in [0, 0.1) is 0 Å². The molecule has 1 aromatic heterocycles. The fourth-order valence-electron chi connectivity index (χ4n) is 3.22.